The van der Waals surface area contributed by atoms with E-state index in [-0.39, 0.29) is 0 Å². The Kier molecular flexibility index (Phi) is 6.59. The molecule has 0 spiro atoms. The molecular weight excluding hydrogens is 108 g/mol. The van der Waals surface area contributed by atoms with Crippen molar-refractivity contribution >= 4 is 12.6 Å². The summed E-state index contributed by atoms with van der Waals surface area (Å²) in [5.74, 6) is 0.722. The highest BCUT2D eigenvalue weighted by atomic mass is 32.1. The molecule has 1 nitrogen and oxygen atoms in total. The maximum absolute atomic E-state index is 5.03. The molecule has 0 N–H and O–H groups in total. The minimum Gasteiger partial charge on any atom is -0.381 e. The highest BCUT2D eigenvalue weighted by Crippen LogP contribution is 1.80. The minimum atomic E-state index is 0.722. The molecule has 0 amide bonds. The van der Waals surface area contributed by atoms with E-state index >= 15 is 0 Å². The van der Waals surface area contributed by atoms with Gasteiger partial charge in [-0.3, -0.25) is 0 Å². The Hall–Kier alpha value is 0.310. The molecule has 0 bridgehead atoms. The van der Waals surface area contributed by atoms with Crippen molar-refractivity contribution in [2.24, 2.45) is 0 Å². The second-order valence-electron chi connectivity index (χ2n) is 1.32. The molecule has 0 aromatic rings. The molecule has 0 saturated carbocycles. The van der Waals surface area contributed by atoms with E-state index in [2.05, 4.69) is 19.6 Å². The lowest BCUT2D eigenvalue weighted by Gasteiger charge is -1.94. The van der Waals surface area contributed by atoms with Gasteiger partial charge in [0.2, 0.25) is 0 Å². The zero-order valence-electron chi connectivity index (χ0n) is 4.64. The average Bonchev–Trinajstić information content (AvgIpc) is 1.69. The molecular formula is C5H11OS. The summed E-state index contributed by atoms with van der Waals surface area (Å²) in [5, 5.41) is 0. The molecule has 0 aromatic heterocycles. The Bertz CT molecular complexity index is 27.3. The van der Waals surface area contributed by atoms with Crippen LogP contribution < -0.4 is 0 Å². The molecule has 0 fully saturated rings. The van der Waals surface area contributed by atoms with E-state index in [1.165, 1.54) is 0 Å². The van der Waals surface area contributed by atoms with Gasteiger partial charge >= 0.3 is 0 Å². The van der Waals surface area contributed by atoms with Gasteiger partial charge in [0.15, 0.2) is 0 Å². The van der Waals surface area contributed by atoms with Crippen LogP contribution in [0.2, 0.25) is 0 Å². The fourth-order valence-corrected chi connectivity index (χ4v) is 0.423. The molecule has 1 radical (unpaired) electrons. The molecule has 0 atom stereocenters. The summed E-state index contributed by atoms with van der Waals surface area (Å²) in [6.07, 6.45) is 1.09. The molecule has 7 heavy (non-hydrogen) atoms. The van der Waals surface area contributed by atoms with Crippen LogP contribution in [0, 0.1) is 0 Å². The Labute approximate surface area is 50.5 Å². The highest BCUT2D eigenvalue weighted by molar-refractivity contribution is 7.80. The second-order valence-corrected chi connectivity index (χ2v) is 1.72. The Morgan fingerprint density at radius 3 is 2.57 bits per heavy atom. The molecule has 0 saturated heterocycles. The molecule has 0 aliphatic heterocycles. The molecule has 0 unspecified atom stereocenters. The maximum Gasteiger partial charge on any atom is 0.0565 e. The van der Waals surface area contributed by atoms with Crippen LogP contribution in [0.15, 0.2) is 0 Å². The van der Waals surface area contributed by atoms with E-state index in [9.17, 15) is 0 Å². The van der Waals surface area contributed by atoms with Crippen molar-refractivity contribution in [3.63, 3.8) is 0 Å². The van der Waals surface area contributed by atoms with Crippen LogP contribution in [0.3, 0.4) is 0 Å². The van der Waals surface area contributed by atoms with Gasteiger partial charge < -0.3 is 4.74 Å². The van der Waals surface area contributed by atoms with E-state index in [0.717, 1.165) is 25.4 Å². The van der Waals surface area contributed by atoms with Crippen LogP contribution in [0.4, 0.5) is 0 Å². The number of ether oxygens (including phenoxy) is 1. The van der Waals surface area contributed by atoms with Gasteiger partial charge in [0.1, 0.15) is 0 Å². The first-order valence-electron chi connectivity index (χ1n) is 2.57. The Morgan fingerprint density at radius 1 is 1.43 bits per heavy atom. The third-order valence-corrected chi connectivity index (χ3v) is 0.743. The zero-order valence-corrected chi connectivity index (χ0v) is 5.46. The molecule has 43 valence electrons. The van der Waals surface area contributed by atoms with Crippen LogP contribution in [-0.4, -0.2) is 19.0 Å². The molecule has 2 heteroatoms. The first-order chi connectivity index (χ1) is 3.41. The molecule has 0 aliphatic carbocycles. The van der Waals surface area contributed by atoms with Gasteiger partial charge in [-0.25, -0.2) is 0 Å². The predicted molar refractivity (Wildman–Crippen MR) is 33.6 cm³/mol. The SMILES string of the molecule is CCCOCC[S]. The van der Waals surface area contributed by atoms with Gasteiger partial charge in [-0.2, -0.15) is 0 Å². The van der Waals surface area contributed by atoms with Crippen molar-refractivity contribution in [3.8, 4) is 0 Å². The van der Waals surface area contributed by atoms with Crippen LogP contribution in [0.5, 0.6) is 0 Å². The van der Waals surface area contributed by atoms with Gasteiger partial charge in [0, 0.05) is 12.4 Å². The lowest BCUT2D eigenvalue weighted by Crippen LogP contribution is -1.95. The molecule has 0 aromatic carbocycles. The zero-order chi connectivity index (χ0) is 5.54. The Morgan fingerprint density at radius 2 is 2.14 bits per heavy atom. The smallest absolute Gasteiger partial charge is 0.0565 e. The lowest BCUT2D eigenvalue weighted by molar-refractivity contribution is 0.151. The number of rotatable bonds is 4. The number of hydrogen-bond donors (Lipinski definition) is 0. The molecule has 0 rings (SSSR count). The minimum absolute atomic E-state index is 0.722. The van der Waals surface area contributed by atoms with Crippen molar-refractivity contribution in [3.05, 3.63) is 0 Å². The third kappa shape index (κ3) is 6.31. The van der Waals surface area contributed by atoms with Gasteiger partial charge in [-0.05, 0) is 6.42 Å². The molecule has 0 heterocycles. The summed E-state index contributed by atoms with van der Waals surface area (Å²) in [6.45, 7) is 3.68. The second kappa shape index (κ2) is 6.31. The topological polar surface area (TPSA) is 9.23 Å². The van der Waals surface area contributed by atoms with Gasteiger partial charge in [0.05, 0.1) is 6.61 Å². The summed E-state index contributed by atoms with van der Waals surface area (Å²) in [5.41, 5.74) is 0. The normalized spacial score (nSPS) is 9.43. The van der Waals surface area contributed by atoms with Crippen molar-refractivity contribution in [1.82, 2.24) is 0 Å². The monoisotopic (exact) mass is 119 g/mol. The summed E-state index contributed by atoms with van der Waals surface area (Å²) in [4.78, 5) is 0. The van der Waals surface area contributed by atoms with Crippen LogP contribution in [0.1, 0.15) is 13.3 Å². The van der Waals surface area contributed by atoms with Crippen LogP contribution >= 0.6 is 12.6 Å². The quantitative estimate of drug-likeness (QED) is 0.511. The van der Waals surface area contributed by atoms with E-state index in [1.807, 2.05) is 0 Å². The van der Waals surface area contributed by atoms with E-state index < -0.39 is 0 Å². The highest BCUT2D eigenvalue weighted by Gasteiger charge is 1.78. The largest absolute Gasteiger partial charge is 0.381 e. The third-order valence-electron chi connectivity index (χ3n) is 0.576. The van der Waals surface area contributed by atoms with Gasteiger partial charge in [-0.15, -0.1) is 0 Å². The van der Waals surface area contributed by atoms with Gasteiger partial charge in [0.25, 0.3) is 0 Å². The van der Waals surface area contributed by atoms with E-state index in [4.69, 9.17) is 4.74 Å². The van der Waals surface area contributed by atoms with Crippen LogP contribution in [-0.2, 0) is 4.74 Å². The Balaban J connectivity index is 2.45. The maximum atomic E-state index is 5.03. The summed E-state index contributed by atoms with van der Waals surface area (Å²) in [6, 6.07) is 0. The van der Waals surface area contributed by atoms with Crippen molar-refractivity contribution < 1.29 is 4.74 Å². The average molecular weight is 119 g/mol. The van der Waals surface area contributed by atoms with E-state index in [0.29, 0.717) is 0 Å². The first-order valence-corrected chi connectivity index (χ1v) is 3.15. The van der Waals surface area contributed by atoms with E-state index in [1.54, 1.807) is 0 Å². The fraction of sp³-hybridized carbons (Fsp3) is 1.00. The molecule has 0 aliphatic rings. The van der Waals surface area contributed by atoms with Crippen molar-refractivity contribution in [2.45, 2.75) is 13.3 Å². The number of hydrogen-bond acceptors (Lipinski definition) is 1. The summed E-state index contributed by atoms with van der Waals surface area (Å²) >= 11 is 4.64. The predicted octanol–water partition coefficient (Wildman–Crippen LogP) is 1.61. The van der Waals surface area contributed by atoms with Crippen LogP contribution in [0.25, 0.3) is 0 Å². The van der Waals surface area contributed by atoms with Crippen molar-refractivity contribution in [1.29, 1.82) is 0 Å². The fourth-order valence-electron chi connectivity index (χ4n) is 0.305. The standard InChI is InChI=1S/C5H11OS/c1-2-3-6-4-5-7/h2-5H2,1H3. The summed E-state index contributed by atoms with van der Waals surface area (Å²) < 4.78 is 5.03. The summed E-state index contributed by atoms with van der Waals surface area (Å²) in [7, 11) is 0. The van der Waals surface area contributed by atoms with Crippen molar-refractivity contribution in [2.75, 3.05) is 19.0 Å². The first kappa shape index (κ1) is 7.31. The lowest BCUT2D eigenvalue weighted by atomic mass is 10.5. The van der Waals surface area contributed by atoms with Gasteiger partial charge in [-0.1, -0.05) is 19.6 Å².